The molecule has 0 radical (unpaired) electrons. The van der Waals surface area contributed by atoms with Crippen LogP contribution < -0.4 is 5.32 Å². The lowest BCUT2D eigenvalue weighted by Crippen LogP contribution is -2.33. The first-order valence-electron chi connectivity index (χ1n) is 5.42. The number of nitrogens with one attached hydrogen (secondary N) is 1. The molecule has 0 aromatic carbocycles. The molecule has 3 nitrogen and oxygen atoms in total. The Bertz CT molecular complexity index is 371. The zero-order valence-corrected chi connectivity index (χ0v) is 11.7. The van der Waals surface area contributed by atoms with E-state index in [9.17, 15) is 4.79 Å². The first-order chi connectivity index (χ1) is 7.40. The zero-order chi connectivity index (χ0) is 12.3. The van der Waals surface area contributed by atoms with Gasteiger partial charge in [0.1, 0.15) is 11.5 Å². The number of furan rings is 1. The Morgan fingerprint density at radius 3 is 2.56 bits per heavy atom. The van der Waals surface area contributed by atoms with E-state index in [1.54, 1.807) is 13.0 Å². The molecule has 1 heterocycles. The highest BCUT2D eigenvalue weighted by Crippen LogP contribution is 2.14. The summed E-state index contributed by atoms with van der Waals surface area (Å²) >= 11 is 3.47. The van der Waals surface area contributed by atoms with Crippen molar-refractivity contribution in [3.8, 4) is 0 Å². The highest BCUT2D eigenvalue weighted by molar-refractivity contribution is 9.09. The summed E-state index contributed by atoms with van der Waals surface area (Å²) in [6.45, 7) is 7.71. The number of halogens is 1. The van der Waals surface area contributed by atoms with Crippen LogP contribution in [0.1, 0.15) is 42.1 Å². The summed E-state index contributed by atoms with van der Waals surface area (Å²) in [5.41, 5.74) is 0.631. The van der Waals surface area contributed by atoms with Crippen molar-refractivity contribution >= 4 is 21.8 Å². The summed E-state index contributed by atoms with van der Waals surface area (Å²) in [7, 11) is 0. The summed E-state index contributed by atoms with van der Waals surface area (Å²) in [4.78, 5) is 12.3. The van der Waals surface area contributed by atoms with Gasteiger partial charge in [0.05, 0.1) is 5.56 Å². The Balaban J connectivity index is 2.62. The number of carbonyl (C=O) groups is 1. The van der Waals surface area contributed by atoms with Crippen LogP contribution in [-0.4, -0.2) is 16.8 Å². The molecule has 1 aromatic rings. The fourth-order valence-electron chi connectivity index (χ4n) is 1.70. The first-order valence-corrected chi connectivity index (χ1v) is 6.33. The summed E-state index contributed by atoms with van der Waals surface area (Å²) < 4.78 is 5.33. The molecular weight excluding hydrogens is 270 g/mol. The van der Waals surface area contributed by atoms with Gasteiger partial charge in [-0.2, -0.15) is 0 Å². The van der Waals surface area contributed by atoms with Crippen LogP contribution in [0.4, 0.5) is 0 Å². The lowest BCUT2D eigenvalue weighted by molar-refractivity contribution is 0.0937. The van der Waals surface area contributed by atoms with Crippen LogP contribution in [0.3, 0.4) is 0 Å². The summed E-state index contributed by atoms with van der Waals surface area (Å²) in [6.07, 6.45) is 0.904. The van der Waals surface area contributed by atoms with Gasteiger partial charge in [0.25, 0.3) is 5.91 Å². The second-order valence-corrected chi connectivity index (χ2v) is 5.78. The van der Waals surface area contributed by atoms with Crippen LogP contribution in [0.15, 0.2) is 10.5 Å². The normalized spacial score (nSPS) is 14.6. The molecule has 0 spiro atoms. The molecule has 1 rings (SSSR count). The molecule has 16 heavy (non-hydrogen) atoms. The van der Waals surface area contributed by atoms with Gasteiger partial charge in [-0.3, -0.25) is 4.79 Å². The molecule has 4 heteroatoms. The van der Waals surface area contributed by atoms with E-state index in [2.05, 4.69) is 28.2 Å². The van der Waals surface area contributed by atoms with Crippen molar-refractivity contribution in [3.05, 3.63) is 23.2 Å². The highest BCUT2D eigenvalue weighted by atomic mass is 79.9. The van der Waals surface area contributed by atoms with Crippen molar-refractivity contribution in [3.63, 3.8) is 0 Å². The number of alkyl halides is 1. The second-order valence-electron chi connectivity index (χ2n) is 4.22. The monoisotopic (exact) mass is 287 g/mol. The molecule has 90 valence electrons. The quantitative estimate of drug-likeness (QED) is 0.865. The number of hydrogen-bond acceptors (Lipinski definition) is 2. The molecule has 0 saturated carbocycles. The molecule has 1 aromatic heterocycles. The maximum Gasteiger partial charge on any atom is 0.255 e. The van der Waals surface area contributed by atoms with Crippen LogP contribution in [0.2, 0.25) is 0 Å². The van der Waals surface area contributed by atoms with Gasteiger partial charge >= 0.3 is 0 Å². The van der Waals surface area contributed by atoms with E-state index in [4.69, 9.17) is 4.42 Å². The number of amides is 1. The maximum atomic E-state index is 11.9. The summed E-state index contributed by atoms with van der Waals surface area (Å²) in [5.74, 6) is 1.38. The minimum atomic E-state index is -0.0602. The average molecular weight is 288 g/mol. The molecule has 1 N–H and O–H groups in total. The van der Waals surface area contributed by atoms with E-state index in [1.807, 2.05) is 13.8 Å². The van der Waals surface area contributed by atoms with Gasteiger partial charge in [-0.25, -0.2) is 0 Å². The van der Waals surface area contributed by atoms with Gasteiger partial charge in [-0.15, -0.1) is 0 Å². The molecule has 0 bridgehead atoms. The molecule has 0 aliphatic heterocycles. The molecule has 2 unspecified atom stereocenters. The van der Waals surface area contributed by atoms with E-state index < -0.39 is 0 Å². The van der Waals surface area contributed by atoms with Gasteiger partial charge in [-0.05, 0) is 33.3 Å². The van der Waals surface area contributed by atoms with E-state index in [0.717, 1.165) is 12.2 Å². The first kappa shape index (κ1) is 13.3. The molecule has 1 amide bonds. The summed E-state index contributed by atoms with van der Waals surface area (Å²) in [6, 6.07) is 1.92. The number of aryl methyl sites for hydroxylation is 2. The predicted molar refractivity (Wildman–Crippen MR) is 68.1 cm³/mol. The van der Waals surface area contributed by atoms with Crippen molar-refractivity contribution in [1.29, 1.82) is 0 Å². The van der Waals surface area contributed by atoms with Gasteiger partial charge in [0, 0.05) is 10.9 Å². The van der Waals surface area contributed by atoms with Gasteiger partial charge in [0.15, 0.2) is 0 Å². The Kier molecular flexibility index (Phi) is 4.59. The van der Waals surface area contributed by atoms with E-state index in [-0.39, 0.29) is 11.9 Å². The Morgan fingerprint density at radius 2 is 2.12 bits per heavy atom. The smallest absolute Gasteiger partial charge is 0.255 e. The van der Waals surface area contributed by atoms with Crippen LogP contribution in [-0.2, 0) is 0 Å². The van der Waals surface area contributed by atoms with E-state index >= 15 is 0 Å². The lowest BCUT2D eigenvalue weighted by atomic mass is 10.1. The molecule has 0 aliphatic carbocycles. The minimum Gasteiger partial charge on any atom is -0.466 e. The van der Waals surface area contributed by atoms with Crippen molar-refractivity contribution in [2.75, 3.05) is 0 Å². The van der Waals surface area contributed by atoms with Crippen molar-refractivity contribution in [2.24, 2.45) is 0 Å². The van der Waals surface area contributed by atoms with Gasteiger partial charge in [0.2, 0.25) is 0 Å². The second kappa shape index (κ2) is 5.53. The minimum absolute atomic E-state index is 0.0602. The summed E-state index contributed by atoms with van der Waals surface area (Å²) in [5, 5.41) is 2.95. The Labute approximate surface area is 105 Å². The van der Waals surface area contributed by atoms with Crippen molar-refractivity contribution in [1.82, 2.24) is 5.32 Å². The van der Waals surface area contributed by atoms with Crippen molar-refractivity contribution in [2.45, 2.75) is 45.0 Å². The topological polar surface area (TPSA) is 42.2 Å². The van der Waals surface area contributed by atoms with E-state index in [1.165, 1.54) is 0 Å². The predicted octanol–water partition coefficient (Wildman–Crippen LogP) is 3.19. The SMILES string of the molecule is Cc1cc(C(=O)NC(C)CC(C)Br)c(C)o1. The maximum absolute atomic E-state index is 11.9. The molecular formula is C12H18BrNO2. The number of carbonyl (C=O) groups excluding carboxylic acids is 1. The third-order valence-corrected chi connectivity index (χ3v) is 2.72. The Morgan fingerprint density at radius 1 is 1.50 bits per heavy atom. The largest absolute Gasteiger partial charge is 0.466 e. The van der Waals surface area contributed by atoms with Gasteiger partial charge in [-0.1, -0.05) is 22.9 Å². The van der Waals surface area contributed by atoms with Gasteiger partial charge < -0.3 is 9.73 Å². The molecule has 0 fully saturated rings. The number of rotatable bonds is 4. The van der Waals surface area contributed by atoms with E-state index in [0.29, 0.717) is 16.2 Å². The number of hydrogen-bond donors (Lipinski definition) is 1. The van der Waals surface area contributed by atoms with Crippen LogP contribution >= 0.6 is 15.9 Å². The Hall–Kier alpha value is -0.770. The molecule has 2 atom stereocenters. The zero-order valence-electron chi connectivity index (χ0n) is 10.1. The fourth-order valence-corrected chi connectivity index (χ4v) is 2.26. The lowest BCUT2D eigenvalue weighted by Gasteiger charge is -2.14. The van der Waals surface area contributed by atoms with Crippen molar-refractivity contribution < 1.29 is 9.21 Å². The standard InChI is InChI=1S/C12H18BrNO2/c1-7(13)5-8(2)14-12(15)11-6-9(3)16-10(11)4/h6-8H,5H2,1-4H3,(H,14,15). The van der Waals surface area contributed by atoms with Crippen LogP contribution in [0.25, 0.3) is 0 Å². The molecule has 0 saturated heterocycles. The van der Waals surface area contributed by atoms with Crippen LogP contribution in [0.5, 0.6) is 0 Å². The average Bonchev–Trinajstić information content (AvgIpc) is 2.43. The fraction of sp³-hybridized carbons (Fsp3) is 0.583. The molecule has 0 aliphatic rings. The third kappa shape index (κ3) is 3.67. The van der Waals surface area contributed by atoms with Crippen LogP contribution in [0, 0.1) is 13.8 Å². The third-order valence-electron chi connectivity index (χ3n) is 2.34. The highest BCUT2D eigenvalue weighted by Gasteiger charge is 2.16.